The van der Waals surface area contributed by atoms with Gasteiger partial charge in [-0.3, -0.25) is 8.61 Å². The number of aryl methyl sites for hydroxylation is 2. The quantitative estimate of drug-likeness (QED) is 0.109. The van der Waals surface area contributed by atoms with Gasteiger partial charge in [-0.2, -0.15) is 8.42 Å². The summed E-state index contributed by atoms with van der Waals surface area (Å²) in [6.45, 7) is 29.0. The topological polar surface area (TPSA) is 94.7 Å². The largest absolute Gasteiger partial charge is 0.361 e. The van der Waals surface area contributed by atoms with Gasteiger partial charge in [0.15, 0.2) is 0 Å². The van der Waals surface area contributed by atoms with Gasteiger partial charge in [-0.25, -0.2) is 9.97 Å². The third-order valence-electron chi connectivity index (χ3n) is 7.92. The summed E-state index contributed by atoms with van der Waals surface area (Å²) in [6, 6.07) is 13.5. The van der Waals surface area contributed by atoms with Crippen LogP contribution in [0.5, 0.6) is 0 Å². The van der Waals surface area contributed by atoms with Crippen molar-refractivity contribution in [3.8, 4) is 0 Å². The third kappa shape index (κ3) is 9.47. The van der Waals surface area contributed by atoms with Crippen molar-refractivity contribution in [1.82, 2.24) is 19.1 Å². The standard InChI is InChI=1S/C30H46N6O4SSi2.2C2H6/c1-23-31-27-19-25(9-11-29(27)33(23)21-39-15-17-42(3,4)5)35-13-14-36(41(35,37)38)26-10-12-30-28(20-26)32-24(2)34(30)22-40-16-18-43(6,7)8;2*1-2/h9-12,19-20H,13-18,21-22H2,1-8H3;2*1-2H3. The summed E-state index contributed by atoms with van der Waals surface area (Å²) in [5, 5.41) is 0. The molecule has 0 saturated carbocycles. The van der Waals surface area contributed by atoms with Crippen LogP contribution in [-0.4, -0.2) is 70.0 Å². The van der Waals surface area contributed by atoms with Gasteiger partial charge in [0, 0.05) is 29.4 Å². The Labute approximate surface area is 285 Å². The molecule has 1 fully saturated rings. The molecule has 5 rings (SSSR count). The molecule has 10 nitrogen and oxygen atoms in total. The molecule has 3 heterocycles. The van der Waals surface area contributed by atoms with Crippen LogP contribution in [0, 0.1) is 13.8 Å². The van der Waals surface area contributed by atoms with Gasteiger partial charge < -0.3 is 18.6 Å². The second kappa shape index (κ2) is 16.1. The van der Waals surface area contributed by atoms with E-state index in [1.54, 1.807) is 0 Å². The van der Waals surface area contributed by atoms with Crippen molar-refractivity contribution in [2.75, 3.05) is 34.9 Å². The second-order valence-electron chi connectivity index (χ2n) is 13.9. The minimum absolute atomic E-state index is 0.351. The Morgan fingerprint density at radius 1 is 0.660 bits per heavy atom. The molecule has 0 N–H and O–H groups in total. The average molecular weight is 703 g/mol. The Morgan fingerprint density at radius 2 is 1.02 bits per heavy atom. The molecule has 0 spiro atoms. The number of fused-ring (bicyclic) bond motifs is 2. The molecule has 4 aromatic rings. The molecule has 13 heteroatoms. The molecule has 1 aliphatic rings. The highest BCUT2D eigenvalue weighted by Gasteiger charge is 2.37. The number of hydrogen-bond donors (Lipinski definition) is 0. The summed E-state index contributed by atoms with van der Waals surface area (Å²) in [6.07, 6.45) is 0. The Balaban J connectivity index is 0.00000144. The summed E-state index contributed by atoms with van der Waals surface area (Å²) in [7, 11) is -6.12. The smallest absolute Gasteiger partial charge is 0.326 e. The number of anilines is 2. The number of aromatic nitrogens is 4. The van der Waals surface area contributed by atoms with Crippen molar-refractivity contribution < 1.29 is 17.9 Å². The van der Waals surface area contributed by atoms with Crippen molar-refractivity contribution in [2.45, 2.75) is 106 Å². The molecule has 0 unspecified atom stereocenters. The van der Waals surface area contributed by atoms with Crippen molar-refractivity contribution >= 4 is 59.8 Å². The van der Waals surface area contributed by atoms with Gasteiger partial charge >= 0.3 is 10.2 Å². The van der Waals surface area contributed by atoms with Crippen LogP contribution in [0.3, 0.4) is 0 Å². The predicted octanol–water partition coefficient (Wildman–Crippen LogP) is 8.25. The molecule has 0 radical (unpaired) electrons. The van der Waals surface area contributed by atoms with E-state index in [1.165, 1.54) is 8.61 Å². The summed E-state index contributed by atoms with van der Waals surface area (Å²) in [4.78, 5) is 9.44. The van der Waals surface area contributed by atoms with Gasteiger partial charge in [0.25, 0.3) is 0 Å². The van der Waals surface area contributed by atoms with Gasteiger partial charge in [0.05, 0.1) is 46.5 Å². The lowest BCUT2D eigenvalue weighted by Gasteiger charge is -2.21. The van der Waals surface area contributed by atoms with Gasteiger partial charge in [-0.1, -0.05) is 67.0 Å². The minimum Gasteiger partial charge on any atom is -0.361 e. The molecule has 0 aliphatic carbocycles. The first-order valence-corrected chi connectivity index (χ1v) is 25.8. The number of benzene rings is 2. The van der Waals surface area contributed by atoms with E-state index in [9.17, 15) is 8.42 Å². The Morgan fingerprint density at radius 3 is 1.36 bits per heavy atom. The Kier molecular flexibility index (Phi) is 13.3. The first-order valence-electron chi connectivity index (χ1n) is 17.0. The van der Waals surface area contributed by atoms with Crippen molar-refractivity contribution in [2.24, 2.45) is 0 Å². The summed E-state index contributed by atoms with van der Waals surface area (Å²) < 4.78 is 46.5. The fraction of sp³-hybridized carbons (Fsp3) is 0.588. The van der Waals surface area contributed by atoms with E-state index in [1.807, 2.05) is 87.1 Å². The van der Waals surface area contributed by atoms with Crippen molar-refractivity contribution in [1.29, 1.82) is 0 Å². The van der Waals surface area contributed by atoms with Crippen LogP contribution in [0.15, 0.2) is 36.4 Å². The lowest BCUT2D eigenvalue weighted by molar-refractivity contribution is 0.0884. The summed E-state index contributed by atoms with van der Waals surface area (Å²) >= 11 is 0. The molecule has 262 valence electrons. The molecular formula is C34H58N6O4SSi2. The van der Waals surface area contributed by atoms with E-state index in [2.05, 4.69) is 39.3 Å². The van der Waals surface area contributed by atoms with Gasteiger partial charge in [0.1, 0.15) is 25.1 Å². The maximum absolute atomic E-state index is 13.8. The SMILES string of the molecule is CC.CC.Cc1nc2cc(N3CCN(c4ccc5c(c4)nc(C)n5COCC[Si](C)(C)C)S3(=O)=O)ccc2n1COCC[Si](C)(C)C. The van der Waals surface area contributed by atoms with Crippen molar-refractivity contribution in [3.63, 3.8) is 0 Å². The lowest BCUT2D eigenvalue weighted by Crippen LogP contribution is -2.33. The van der Waals surface area contributed by atoms with Crippen LogP contribution in [0.1, 0.15) is 39.3 Å². The minimum atomic E-state index is -3.79. The van der Waals surface area contributed by atoms with Crippen LogP contribution in [-0.2, 0) is 33.1 Å². The average Bonchev–Trinajstić information content (AvgIpc) is 3.61. The van der Waals surface area contributed by atoms with Crippen LogP contribution in [0.2, 0.25) is 51.4 Å². The highest BCUT2D eigenvalue weighted by molar-refractivity contribution is 7.94. The zero-order valence-electron chi connectivity index (χ0n) is 30.8. The number of rotatable bonds is 12. The monoisotopic (exact) mass is 702 g/mol. The first kappa shape index (κ1) is 38.7. The molecule has 2 aromatic heterocycles. The van der Waals surface area contributed by atoms with Crippen LogP contribution < -0.4 is 8.61 Å². The van der Waals surface area contributed by atoms with E-state index in [4.69, 9.17) is 19.4 Å². The number of imidazole rings is 2. The molecule has 0 bridgehead atoms. The summed E-state index contributed by atoms with van der Waals surface area (Å²) in [5.41, 5.74) is 4.60. The fourth-order valence-corrected chi connectivity index (χ4v) is 8.37. The molecule has 1 aliphatic heterocycles. The fourth-order valence-electron chi connectivity index (χ4n) is 5.24. The maximum atomic E-state index is 13.8. The highest BCUT2D eigenvalue weighted by atomic mass is 32.2. The molecule has 1 saturated heterocycles. The summed E-state index contributed by atoms with van der Waals surface area (Å²) in [5.74, 6) is 1.69. The molecule has 0 atom stereocenters. The van der Waals surface area contributed by atoms with E-state index in [0.29, 0.717) is 37.9 Å². The zero-order valence-corrected chi connectivity index (χ0v) is 33.7. The molecule has 2 aromatic carbocycles. The molecule has 0 amide bonds. The zero-order chi connectivity index (χ0) is 35.2. The van der Waals surface area contributed by atoms with Crippen molar-refractivity contribution in [3.05, 3.63) is 48.0 Å². The number of ether oxygens (including phenoxy) is 2. The van der Waals surface area contributed by atoms with Gasteiger partial charge in [-0.15, -0.1) is 0 Å². The predicted molar refractivity (Wildman–Crippen MR) is 203 cm³/mol. The lowest BCUT2D eigenvalue weighted by atomic mass is 10.2. The van der Waals surface area contributed by atoms with Crippen LogP contribution in [0.4, 0.5) is 11.4 Å². The Hall–Kier alpha value is -2.72. The molecule has 47 heavy (non-hydrogen) atoms. The first-order chi connectivity index (χ1) is 22.1. The third-order valence-corrected chi connectivity index (χ3v) is 13.2. The van der Waals surface area contributed by atoms with Crippen LogP contribution in [0.25, 0.3) is 22.1 Å². The number of nitrogens with zero attached hydrogens (tertiary/aromatic N) is 6. The molecular weight excluding hydrogens is 645 g/mol. The van der Waals surface area contributed by atoms with Crippen LogP contribution >= 0.6 is 0 Å². The van der Waals surface area contributed by atoms with Gasteiger partial charge in [0.2, 0.25) is 0 Å². The maximum Gasteiger partial charge on any atom is 0.326 e. The Bertz CT molecular complexity index is 1600. The second-order valence-corrected chi connectivity index (χ2v) is 26.9. The highest BCUT2D eigenvalue weighted by Crippen LogP contribution is 2.33. The number of hydrogen-bond acceptors (Lipinski definition) is 6. The normalized spacial score (nSPS) is 14.7. The van der Waals surface area contributed by atoms with E-state index in [0.717, 1.165) is 59.0 Å². The van der Waals surface area contributed by atoms with Gasteiger partial charge in [-0.05, 0) is 62.3 Å². The van der Waals surface area contributed by atoms with E-state index < -0.39 is 26.4 Å². The van der Waals surface area contributed by atoms with E-state index in [-0.39, 0.29) is 0 Å². The van der Waals surface area contributed by atoms with E-state index >= 15 is 0 Å².